The summed E-state index contributed by atoms with van der Waals surface area (Å²) in [6.07, 6.45) is 0.459. The summed E-state index contributed by atoms with van der Waals surface area (Å²) in [7, 11) is 1.41. The first-order valence-electron chi connectivity index (χ1n) is 5.17. The number of nitrogen functional groups attached to an aromatic ring is 1. The zero-order chi connectivity index (χ0) is 12.0. The molecule has 16 heavy (non-hydrogen) atoms. The van der Waals surface area contributed by atoms with E-state index in [0.717, 1.165) is 11.4 Å². The van der Waals surface area contributed by atoms with E-state index in [0.29, 0.717) is 11.7 Å². The highest BCUT2D eigenvalue weighted by atomic mass is 32.2. The highest BCUT2D eigenvalue weighted by Gasteiger charge is 2.07. The van der Waals surface area contributed by atoms with Gasteiger partial charge in [-0.05, 0) is 24.6 Å². The monoisotopic (exact) mass is 239 g/mol. The molecule has 2 N–H and O–H groups in total. The van der Waals surface area contributed by atoms with Crippen molar-refractivity contribution in [2.45, 2.75) is 18.6 Å². The maximum absolute atomic E-state index is 10.9. The smallest absolute Gasteiger partial charge is 0.306 e. The molecular formula is C12H17NO2S. The van der Waals surface area contributed by atoms with Crippen molar-refractivity contribution in [3.63, 3.8) is 0 Å². The minimum absolute atomic E-state index is 0.156. The van der Waals surface area contributed by atoms with Gasteiger partial charge in [0, 0.05) is 16.7 Å². The number of esters is 1. The van der Waals surface area contributed by atoms with Crippen LogP contribution in [0.4, 0.5) is 5.69 Å². The molecule has 0 amide bonds. The van der Waals surface area contributed by atoms with Gasteiger partial charge in [-0.15, -0.1) is 0 Å². The average molecular weight is 239 g/mol. The molecule has 0 heterocycles. The molecule has 0 radical (unpaired) electrons. The van der Waals surface area contributed by atoms with Crippen molar-refractivity contribution < 1.29 is 9.53 Å². The number of anilines is 1. The lowest BCUT2D eigenvalue weighted by Gasteiger charge is -2.11. The van der Waals surface area contributed by atoms with Gasteiger partial charge in [-0.2, -0.15) is 11.8 Å². The Morgan fingerprint density at radius 3 is 2.62 bits per heavy atom. The topological polar surface area (TPSA) is 52.3 Å². The molecule has 0 aliphatic heterocycles. The Balaban J connectivity index is 2.37. The van der Waals surface area contributed by atoms with E-state index in [9.17, 15) is 4.79 Å². The van der Waals surface area contributed by atoms with Crippen molar-refractivity contribution in [2.24, 2.45) is 0 Å². The van der Waals surface area contributed by atoms with Crippen LogP contribution < -0.4 is 5.73 Å². The molecule has 1 unspecified atom stereocenters. The third kappa shape index (κ3) is 4.14. The Morgan fingerprint density at radius 1 is 1.44 bits per heavy atom. The molecule has 88 valence electrons. The second kappa shape index (κ2) is 6.43. The van der Waals surface area contributed by atoms with Crippen molar-refractivity contribution in [1.29, 1.82) is 0 Å². The molecule has 1 rings (SSSR count). The van der Waals surface area contributed by atoms with E-state index < -0.39 is 0 Å². The van der Waals surface area contributed by atoms with Crippen LogP contribution in [0.1, 0.15) is 24.2 Å². The summed E-state index contributed by atoms with van der Waals surface area (Å²) in [5.74, 6) is 0.620. The van der Waals surface area contributed by atoms with E-state index in [1.54, 1.807) is 11.8 Å². The van der Waals surface area contributed by atoms with E-state index >= 15 is 0 Å². The summed E-state index contributed by atoms with van der Waals surface area (Å²) >= 11 is 1.74. The van der Waals surface area contributed by atoms with Gasteiger partial charge in [-0.1, -0.05) is 12.1 Å². The molecular weight excluding hydrogens is 222 g/mol. The van der Waals surface area contributed by atoms with Crippen molar-refractivity contribution in [3.8, 4) is 0 Å². The fourth-order valence-corrected chi connectivity index (χ4v) is 2.27. The molecule has 0 aromatic heterocycles. The first-order chi connectivity index (χ1) is 7.63. The van der Waals surface area contributed by atoms with Crippen LogP contribution in [0.3, 0.4) is 0 Å². The fraction of sp³-hybridized carbons (Fsp3) is 0.417. The van der Waals surface area contributed by atoms with E-state index in [2.05, 4.69) is 11.7 Å². The van der Waals surface area contributed by atoms with Crippen LogP contribution in [0, 0.1) is 0 Å². The van der Waals surface area contributed by atoms with Crippen molar-refractivity contribution in [2.75, 3.05) is 18.6 Å². The number of hydrogen-bond donors (Lipinski definition) is 1. The minimum atomic E-state index is -0.156. The average Bonchev–Trinajstić information content (AvgIpc) is 2.29. The van der Waals surface area contributed by atoms with Gasteiger partial charge < -0.3 is 10.5 Å². The summed E-state index contributed by atoms with van der Waals surface area (Å²) < 4.78 is 4.58. The van der Waals surface area contributed by atoms with E-state index in [4.69, 9.17) is 5.73 Å². The second-order valence-corrected chi connectivity index (χ2v) is 4.95. The third-order valence-corrected chi connectivity index (χ3v) is 3.52. The van der Waals surface area contributed by atoms with E-state index in [1.165, 1.54) is 12.7 Å². The Labute approximate surface area is 100 Å². The lowest BCUT2D eigenvalue weighted by molar-refractivity contribution is -0.140. The van der Waals surface area contributed by atoms with Crippen LogP contribution in [-0.4, -0.2) is 18.8 Å². The Kier molecular flexibility index (Phi) is 5.19. The van der Waals surface area contributed by atoms with E-state index in [1.807, 2.05) is 24.3 Å². The van der Waals surface area contributed by atoms with Gasteiger partial charge in [0.25, 0.3) is 0 Å². The molecule has 0 spiro atoms. The molecule has 0 fully saturated rings. The fourth-order valence-electron chi connectivity index (χ4n) is 1.28. The number of hydrogen-bond acceptors (Lipinski definition) is 4. The van der Waals surface area contributed by atoms with Gasteiger partial charge in [0.1, 0.15) is 0 Å². The molecule has 0 saturated carbocycles. The molecule has 4 heteroatoms. The SMILES string of the molecule is COC(=O)CCSC(C)c1ccc(N)cc1. The second-order valence-electron chi connectivity index (χ2n) is 3.51. The third-order valence-electron chi connectivity index (χ3n) is 2.31. The normalized spacial score (nSPS) is 12.1. The van der Waals surface area contributed by atoms with Gasteiger partial charge >= 0.3 is 5.97 Å². The standard InChI is InChI=1S/C12H17NO2S/c1-9(16-8-7-12(14)15-2)10-3-5-11(13)6-4-10/h3-6,9H,7-8,13H2,1-2H3. The predicted octanol–water partition coefficient (Wildman–Crippen LogP) is 2.63. The number of carbonyl (C=O) groups excluding carboxylic acids is 1. The Morgan fingerprint density at radius 2 is 2.06 bits per heavy atom. The largest absolute Gasteiger partial charge is 0.469 e. The maximum atomic E-state index is 10.9. The lowest BCUT2D eigenvalue weighted by atomic mass is 10.1. The van der Waals surface area contributed by atoms with Crippen LogP contribution in [0.15, 0.2) is 24.3 Å². The van der Waals surface area contributed by atoms with Crippen LogP contribution >= 0.6 is 11.8 Å². The number of methoxy groups -OCH3 is 1. The number of rotatable bonds is 5. The van der Waals surface area contributed by atoms with Crippen LogP contribution in [-0.2, 0) is 9.53 Å². The van der Waals surface area contributed by atoms with Gasteiger partial charge in [0.2, 0.25) is 0 Å². The maximum Gasteiger partial charge on any atom is 0.306 e. The summed E-state index contributed by atoms with van der Waals surface area (Å²) in [6, 6.07) is 7.83. The Bertz CT molecular complexity index is 337. The molecule has 0 aliphatic carbocycles. The quantitative estimate of drug-likeness (QED) is 0.634. The highest BCUT2D eigenvalue weighted by molar-refractivity contribution is 7.99. The van der Waals surface area contributed by atoms with Gasteiger partial charge in [-0.3, -0.25) is 4.79 Å². The summed E-state index contributed by atoms with van der Waals surface area (Å²) in [5, 5.41) is 0.366. The molecule has 1 aromatic rings. The van der Waals surface area contributed by atoms with Crippen LogP contribution in [0.5, 0.6) is 0 Å². The molecule has 1 aromatic carbocycles. The molecule has 0 bridgehead atoms. The van der Waals surface area contributed by atoms with Crippen molar-refractivity contribution >= 4 is 23.4 Å². The molecule has 0 saturated heterocycles. The first kappa shape index (κ1) is 12.9. The first-order valence-corrected chi connectivity index (χ1v) is 6.22. The van der Waals surface area contributed by atoms with Crippen molar-refractivity contribution in [3.05, 3.63) is 29.8 Å². The van der Waals surface area contributed by atoms with Crippen LogP contribution in [0.25, 0.3) is 0 Å². The molecule has 0 aliphatic rings. The number of benzene rings is 1. The molecule has 3 nitrogen and oxygen atoms in total. The summed E-state index contributed by atoms with van der Waals surface area (Å²) in [5.41, 5.74) is 7.62. The predicted molar refractivity (Wildman–Crippen MR) is 68.4 cm³/mol. The number of nitrogens with two attached hydrogens (primary N) is 1. The van der Waals surface area contributed by atoms with Crippen molar-refractivity contribution in [1.82, 2.24) is 0 Å². The van der Waals surface area contributed by atoms with Crippen LogP contribution in [0.2, 0.25) is 0 Å². The minimum Gasteiger partial charge on any atom is -0.469 e. The number of thioether (sulfide) groups is 1. The Hall–Kier alpha value is -1.16. The summed E-state index contributed by atoms with van der Waals surface area (Å²) in [4.78, 5) is 10.9. The van der Waals surface area contributed by atoms with Gasteiger partial charge in [0.05, 0.1) is 13.5 Å². The van der Waals surface area contributed by atoms with Gasteiger partial charge in [0.15, 0.2) is 0 Å². The van der Waals surface area contributed by atoms with E-state index in [-0.39, 0.29) is 5.97 Å². The number of ether oxygens (including phenoxy) is 1. The highest BCUT2D eigenvalue weighted by Crippen LogP contribution is 2.28. The molecule has 1 atom stereocenters. The van der Waals surface area contributed by atoms with Gasteiger partial charge in [-0.25, -0.2) is 0 Å². The summed E-state index contributed by atoms with van der Waals surface area (Å²) in [6.45, 7) is 2.12. The zero-order valence-electron chi connectivity index (χ0n) is 9.60. The lowest BCUT2D eigenvalue weighted by Crippen LogP contribution is -2.02. The zero-order valence-corrected chi connectivity index (χ0v) is 10.4. The number of carbonyl (C=O) groups is 1.